The minimum atomic E-state index is -0.495. The normalized spacial score (nSPS) is 18.9. The average Bonchev–Trinajstić information content (AvgIpc) is 2.98. The summed E-state index contributed by atoms with van der Waals surface area (Å²) in [5.74, 6) is 3.42. The summed E-state index contributed by atoms with van der Waals surface area (Å²) in [6.45, 7) is 6.59. The van der Waals surface area contributed by atoms with Gasteiger partial charge in [0.1, 0.15) is 34.5 Å². The Bertz CT molecular complexity index is 1520. The third kappa shape index (κ3) is 9.11. The zero-order chi connectivity index (χ0) is 31.0. The molecule has 0 radical (unpaired) electrons. The number of hydrogen-bond donors (Lipinski definition) is 1. The van der Waals surface area contributed by atoms with Gasteiger partial charge < -0.3 is 24.3 Å². The first-order valence-electron chi connectivity index (χ1n) is 15.0. The molecule has 1 aliphatic carbocycles. The van der Waals surface area contributed by atoms with Crippen molar-refractivity contribution in [3.63, 3.8) is 0 Å². The van der Waals surface area contributed by atoms with E-state index in [2.05, 4.69) is 26.1 Å². The number of esters is 1. The van der Waals surface area contributed by atoms with Gasteiger partial charge >= 0.3 is 12.1 Å². The Balaban J connectivity index is 1.10. The lowest BCUT2D eigenvalue weighted by Crippen LogP contribution is -2.47. The van der Waals surface area contributed by atoms with Crippen LogP contribution >= 0.6 is 0 Å². The Kier molecular flexibility index (Phi) is 9.53. The minimum Gasteiger partial charge on any atom is -0.457 e. The average molecular weight is 594 g/mol. The van der Waals surface area contributed by atoms with Crippen molar-refractivity contribution < 1.29 is 28.5 Å². The van der Waals surface area contributed by atoms with E-state index in [-0.39, 0.29) is 29.3 Å². The second kappa shape index (κ2) is 13.7. The fourth-order valence-electron chi connectivity index (χ4n) is 6.22. The lowest BCUT2D eigenvalue weighted by molar-refractivity contribution is -0.135. The Hall–Kier alpha value is -4.78. The predicted molar refractivity (Wildman–Crippen MR) is 169 cm³/mol. The van der Waals surface area contributed by atoms with Gasteiger partial charge in [0.05, 0.1) is 0 Å². The maximum atomic E-state index is 12.8. The Morgan fingerprint density at radius 3 is 1.61 bits per heavy atom. The monoisotopic (exact) mass is 593 g/mol. The van der Waals surface area contributed by atoms with Gasteiger partial charge in [0, 0.05) is 12.5 Å². The quantitative estimate of drug-likeness (QED) is 0.146. The van der Waals surface area contributed by atoms with E-state index in [1.165, 1.54) is 0 Å². The van der Waals surface area contributed by atoms with Crippen LogP contribution in [0.25, 0.3) is 0 Å². The van der Waals surface area contributed by atoms with Crippen LogP contribution in [0.5, 0.6) is 34.5 Å². The van der Waals surface area contributed by atoms with Crippen molar-refractivity contribution in [3.05, 3.63) is 109 Å². The van der Waals surface area contributed by atoms with Gasteiger partial charge in [-0.05, 0) is 109 Å². The smallest absolute Gasteiger partial charge is 0.412 e. The molecule has 0 saturated heterocycles. The molecule has 0 aliphatic heterocycles. The molecular weight excluding hydrogens is 554 g/mol. The number of benzene rings is 4. The van der Waals surface area contributed by atoms with Gasteiger partial charge in [-0.1, -0.05) is 57.2 Å². The highest BCUT2D eigenvalue weighted by atomic mass is 16.6. The molecule has 0 bridgehead atoms. The second-order valence-electron chi connectivity index (χ2n) is 12.5. The fourth-order valence-corrected chi connectivity index (χ4v) is 6.22. The summed E-state index contributed by atoms with van der Waals surface area (Å²) in [6, 6.07) is 32.9. The molecule has 1 saturated carbocycles. The van der Waals surface area contributed by atoms with Crippen molar-refractivity contribution in [2.45, 2.75) is 58.9 Å². The Labute approximate surface area is 259 Å². The van der Waals surface area contributed by atoms with E-state index in [4.69, 9.17) is 18.9 Å². The maximum Gasteiger partial charge on any atom is 0.412 e. The molecule has 0 heterocycles. The van der Waals surface area contributed by atoms with E-state index in [1.54, 1.807) is 48.5 Å². The summed E-state index contributed by atoms with van der Waals surface area (Å²) in [5, 5.41) is 3.06. The topological polar surface area (TPSA) is 83.1 Å². The first-order chi connectivity index (χ1) is 21.1. The second-order valence-corrected chi connectivity index (χ2v) is 12.5. The van der Waals surface area contributed by atoms with Crippen LogP contribution in [-0.2, 0) is 4.79 Å². The lowest BCUT2D eigenvalue weighted by Gasteiger charge is -2.46. The van der Waals surface area contributed by atoms with Crippen LogP contribution in [0.3, 0.4) is 0 Å². The molecule has 4 aromatic rings. The molecule has 0 aromatic heterocycles. The van der Waals surface area contributed by atoms with E-state index in [0.717, 1.165) is 30.8 Å². The Morgan fingerprint density at radius 1 is 0.636 bits per heavy atom. The Morgan fingerprint density at radius 2 is 1.09 bits per heavy atom. The van der Waals surface area contributed by atoms with Crippen molar-refractivity contribution in [1.29, 1.82) is 0 Å². The van der Waals surface area contributed by atoms with E-state index < -0.39 is 6.09 Å². The van der Waals surface area contributed by atoms with Crippen LogP contribution in [0.15, 0.2) is 109 Å². The molecule has 7 nitrogen and oxygen atoms in total. The van der Waals surface area contributed by atoms with Gasteiger partial charge in [0.15, 0.2) is 0 Å². The molecule has 44 heavy (non-hydrogen) atoms. The summed E-state index contributed by atoms with van der Waals surface area (Å²) in [7, 11) is 0. The molecule has 1 aliphatic rings. The van der Waals surface area contributed by atoms with Gasteiger partial charge in [-0.3, -0.25) is 4.79 Å². The maximum absolute atomic E-state index is 12.8. The van der Waals surface area contributed by atoms with E-state index >= 15 is 0 Å². The molecule has 2 atom stereocenters. The summed E-state index contributed by atoms with van der Waals surface area (Å²) in [6.07, 6.45) is 2.95. The molecule has 0 spiro atoms. The summed E-state index contributed by atoms with van der Waals surface area (Å²) in [4.78, 5) is 25.6. The number of ether oxygens (including phenoxy) is 4. The number of para-hydroxylation sites is 2. The molecule has 1 fully saturated rings. The molecule has 4 aromatic carbocycles. The van der Waals surface area contributed by atoms with Crippen LogP contribution < -0.4 is 24.3 Å². The first kappa shape index (κ1) is 30.7. The van der Waals surface area contributed by atoms with Crippen molar-refractivity contribution in [2.24, 2.45) is 10.8 Å². The van der Waals surface area contributed by atoms with Crippen molar-refractivity contribution in [3.8, 4) is 34.5 Å². The van der Waals surface area contributed by atoms with Gasteiger partial charge in [-0.2, -0.15) is 0 Å². The number of carbonyl (C=O) groups is 2. The van der Waals surface area contributed by atoms with Crippen LogP contribution in [0.1, 0.15) is 52.9 Å². The third-order valence-corrected chi connectivity index (χ3v) is 7.75. The van der Waals surface area contributed by atoms with E-state index in [9.17, 15) is 9.59 Å². The molecule has 228 valence electrons. The van der Waals surface area contributed by atoms with Gasteiger partial charge in [0.2, 0.25) is 0 Å². The van der Waals surface area contributed by atoms with Crippen molar-refractivity contribution >= 4 is 12.1 Å². The number of amides is 1. The van der Waals surface area contributed by atoms with Crippen LogP contribution in [0, 0.1) is 10.8 Å². The fraction of sp³-hybridized carbons (Fsp3) is 0.297. The number of rotatable bonds is 10. The standard InChI is InChI=1S/C37H39NO6/c1-36(2)24-27(38-35(40)44-33-20-16-31(17-21-33)42-29-12-8-5-9-13-29)25-37(3,26-36)23-22-34(39)43-32-18-14-30(15-19-32)41-28-10-6-4-7-11-28/h4-21,27H,22-26H2,1-3H3,(H,38,40). The highest BCUT2D eigenvalue weighted by molar-refractivity contribution is 5.72. The number of carbonyl (C=O) groups excluding carboxylic acids is 2. The molecule has 1 N–H and O–H groups in total. The molecular formula is C37H39NO6. The zero-order valence-corrected chi connectivity index (χ0v) is 25.5. The van der Waals surface area contributed by atoms with Gasteiger partial charge in [0.25, 0.3) is 0 Å². The van der Waals surface area contributed by atoms with Crippen molar-refractivity contribution in [2.75, 3.05) is 0 Å². The largest absolute Gasteiger partial charge is 0.457 e. The minimum absolute atomic E-state index is 0.0140. The lowest BCUT2D eigenvalue weighted by atomic mass is 9.61. The summed E-state index contributed by atoms with van der Waals surface area (Å²) >= 11 is 0. The molecule has 1 amide bonds. The predicted octanol–water partition coefficient (Wildman–Crippen LogP) is 9.33. The highest BCUT2D eigenvalue weighted by Crippen LogP contribution is 2.48. The van der Waals surface area contributed by atoms with E-state index in [1.807, 2.05) is 60.7 Å². The van der Waals surface area contributed by atoms with Gasteiger partial charge in [-0.25, -0.2) is 4.79 Å². The zero-order valence-electron chi connectivity index (χ0n) is 25.5. The first-order valence-corrected chi connectivity index (χ1v) is 15.0. The van der Waals surface area contributed by atoms with Crippen LogP contribution in [-0.4, -0.2) is 18.1 Å². The molecule has 5 rings (SSSR count). The van der Waals surface area contributed by atoms with E-state index in [0.29, 0.717) is 29.4 Å². The highest BCUT2D eigenvalue weighted by Gasteiger charge is 2.42. The molecule has 2 unspecified atom stereocenters. The van der Waals surface area contributed by atoms with Gasteiger partial charge in [-0.15, -0.1) is 0 Å². The molecule has 7 heteroatoms. The number of hydrogen-bond acceptors (Lipinski definition) is 6. The summed E-state index contributed by atoms with van der Waals surface area (Å²) in [5.41, 5.74) is -0.164. The third-order valence-electron chi connectivity index (χ3n) is 7.75. The van der Waals surface area contributed by atoms with Crippen LogP contribution in [0.4, 0.5) is 4.79 Å². The van der Waals surface area contributed by atoms with Crippen molar-refractivity contribution in [1.82, 2.24) is 5.32 Å². The van der Waals surface area contributed by atoms with Crippen LogP contribution in [0.2, 0.25) is 0 Å². The SMILES string of the molecule is CC1(C)CC(NC(=O)Oc2ccc(Oc3ccccc3)cc2)CC(C)(CCC(=O)Oc2ccc(Oc3ccccc3)cc2)C1. The number of nitrogens with one attached hydrogen (secondary N) is 1. The summed E-state index contributed by atoms with van der Waals surface area (Å²) < 4.78 is 22.8.